The van der Waals surface area contributed by atoms with Crippen LogP contribution in [-0.2, 0) is 18.2 Å². The lowest BCUT2D eigenvalue weighted by Crippen LogP contribution is -2.28. The summed E-state index contributed by atoms with van der Waals surface area (Å²) in [7, 11) is 1.93. The van der Waals surface area contributed by atoms with Crippen molar-refractivity contribution in [1.82, 2.24) is 9.78 Å². The summed E-state index contributed by atoms with van der Waals surface area (Å²) in [5.41, 5.74) is 7.90. The van der Waals surface area contributed by atoms with Gasteiger partial charge in [-0.25, -0.2) is 0 Å². The van der Waals surface area contributed by atoms with Crippen LogP contribution in [0.3, 0.4) is 0 Å². The third-order valence-corrected chi connectivity index (χ3v) is 3.35. The molecule has 1 aliphatic heterocycles. The zero-order valence-electron chi connectivity index (χ0n) is 10.9. The van der Waals surface area contributed by atoms with Crippen LogP contribution in [0, 0.1) is 0 Å². The van der Waals surface area contributed by atoms with E-state index in [0.717, 1.165) is 43.1 Å². The Morgan fingerprint density at radius 3 is 2.94 bits per heavy atom. The first-order valence-electron chi connectivity index (χ1n) is 6.33. The van der Waals surface area contributed by atoms with Crippen molar-refractivity contribution in [3.8, 4) is 0 Å². The first kappa shape index (κ1) is 12.2. The Morgan fingerprint density at radius 1 is 1.59 bits per heavy atom. The van der Waals surface area contributed by atoms with Crippen LogP contribution in [0.4, 0.5) is 11.5 Å². The molecule has 2 atom stereocenters. The highest BCUT2D eigenvalue weighted by Crippen LogP contribution is 2.26. The van der Waals surface area contributed by atoms with Gasteiger partial charge in [-0.3, -0.25) is 4.68 Å². The van der Waals surface area contributed by atoms with E-state index in [-0.39, 0.29) is 6.10 Å². The van der Waals surface area contributed by atoms with Crippen LogP contribution in [0.25, 0.3) is 0 Å². The number of nitrogens with zero attached hydrogens (tertiary/aromatic N) is 2. The van der Waals surface area contributed by atoms with Gasteiger partial charge in [-0.2, -0.15) is 5.10 Å². The molecule has 0 saturated carbocycles. The van der Waals surface area contributed by atoms with E-state index in [9.17, 15) is 0 Å². The number of hydrogen-bond donors (Lipinski definition) is 2. The van der Waals surface area contributed by atoms with Gasteiger partial charge in [-0.05, 0) is 19.8 Å². The minimum Gasteiger partial charge on any atom is -0.394 e. The summed E-state index contributed by atoms with van der Waals surface area (Å²) in [5, 5.41) is 7.91. The molecule has 0 aliphatic carbocycles. The summed E-state index contributed by atoms with van der Waals surface area (Å²) in [6, 6.07) is 0.335. The normalized spacial score (nSPS) is 24.2. The molecule has 1 aromatic rings. The minimum absolute atomic E-state index is 0.235. The van der Waals surface area contributed by atoms with Crippen LogP contribution >= 0.6 is 0 Å². The summed E-state index contributed by atoms with van der Waals surface area (Å²) in [6.07, 6.45) is 3.25. The molecule has 0 amide bonds. The molecule has 0 spiro atoms. The summed E-state index contributed by atoms with van der Waals surface area (Å²) < 4.78 is 7.38. The Hall–Kier alpha value is -1.23. The van der Waals surface area contributed by atoms with E-state index >= 15 is 0 Å². The predicted octanol–water partition coefficient (Wildman–Crippen LogP) is 1.54. The molecule has 2 rings (SSSR count). The zero-order chi connectivity index (χ0) is 12.4. The lowest BCUT2D eigenvalue weighted by molar-refractivity contribution is 0.121. The van der Waals surface area contributed by atoms with Gasteiger partial charge in [0, 0.05) is 13.7 Å². The van der Waals surface area contributed by atoms with E-state index in [4.69, 9.17) is 10.5 Å². The predicted molar refractivity (Wildman–Crippen MR) is 69.1 cm³/mol. The van der Waals surface area contributed by atoms with Crippen molar-refractivity contribution >= 4 is 11.5 Å². The number of aromatic nitrogens is 2. The number of nitrogen functional groups attached to an aromatic ring is 1. The highest BCUT2D eigenvalue weighted by molar-refractivity contribution is 5.65. The fraction of sp³-hybridized carbons (Fsp3) is 0.750. The van der Waals surface area contributed by atoms with Gasteiger partial charge in [0.25, 0.3) is 0 Å². The maximum Gasteiger partial charge on any atom is 0.148 e. The van der Waals surface area contributed by atoms with Crippen LogP contribution in [0.15, 0.2) is 0 Å². The van der Waals surface area contributed by atoms with Gasteiger partial charge >= 0.3 is 0 Å². The second-order valence-electron chi connectivity index (χ2n) is 4.70. The van der Waals surface area contributed by atoms with Crippen LogP contribution in [0.2, 0.25) is 0 Å². The van der Waals surface area contributed by atoms with Crippen molar-refractivity contribution in [2.75, 3.05) is 17.7 Å². The molecule has 0 aromatic carbocycles. The number of aryl methyl sites for hydroxylation is 2. The van der Waals surface area contributed by atoms with Gasteiger partial charge in [-0.1, -0.05) is 13.3 Å². The molecule has 2 heterocycles. The fourth-order valence-electron chi connectivity index (χ4n) is 2.29. The molecule has 3 N–H and O–H groups in total. The number of rotatable bonds is 4. The lowest BCUT2D eigenvalue weighted by atomic mass is 10.1. The third-order valence-electron chi connectivity index (χ3n) is 3.35. The molecule has 1 aliphatic rings. The first-order chi connectivity index (χ1) is 8.13. The molecule has 2 unspecified atom stereocenters. The maximum atomic E-state index is 6.13. The topological polar surface area (TPSA) is 65.1 Å². The van der Waals surface area contributed by atoms with Crippen molar-refractivity contribution in [3.05, 3.63) is 5.69 Å². The highest BCUT2D eigenvalue weighted by Gasteiger charge is 2.26. The molecule has 96 valence electrons. The SMILES string of the molecule is CCCc1nn(C)c(NC2CCOC2C)c1N. The summed E-state index contributed by atoms with van der Waals surface area (Å²) in [5.74, 6) is 0.927. The molecule has 5 nitrogen and oxygen atoms in total. The minimum atomic E-state index is 0.235. The molecule has 17 heavy (non-hydrogen) atoms. The van der Waals surface area contributed by atoms with E-state index in [2.05, 4.69) is 24.3 Å². The molecule has 1 saturated heterocycles. The highest BCUT2D eigenvalue weighted by atomic mass is 16.5. The zero-order valence-corrected chi connectivity index (χ0v) is 10.9. The van der Waals surface area contributed by atoms with Crippen molar-refractivity contribution in [2.45, 2.75) is 45.3 Å². The molecule has 0 radical (unpaired) electrons. The van der Waals surface area contributed by atoms with Crippen molar-refractivity contribution < 1.29 is 4.74 Å². The van der Waals surface area contributed by atoms with Crippen LogP contribution in [0.5, 0.6) is 0 Å². The monoisotopic (exact) mass is 238 g/mol. The number of anilines is 2. The third kappa shape index (κ3) is 2.39. The Kier molecular flexibility index (Phi) is 3.57. The van der Waals surface area contributed by atoms with Gasteiger partial charge in [0.15, 0.2) is 0 Å². The fourth-order valence-corrected chi connectivity index (χ4v) is 2.29. The largest absolute Gasteiger partial charge is 0.394 e. The lowest BCUT2D eigenvalue weighted by Gasteiger charge is -2.17. The number of ether oxygens (including phenoxy) is 1. The van der Waals surface area contributed by atoms with E-state index in [1.807, 2.05) is 11.7 Å². The number of hydrogen-bond acceptors (Lipinski definition) is 4. The van der Waals surface area contributed by atoms with Gasteiger partial charge in [-0.15, -0.1) is 0 Å². The van der Waals surface area contributed by atoms with Crippen molar-refractivity contribution in [1.29, 1.82) is 0 Å². The van der Waals surface area contributed by atoms with E-state index in [0.29, 0.717) is 6.04 Å². The van der Waals surface area contributed by atoms with Crippen molar-refractivity contribution in [2.24, 2.45) is 7.05 Å². The molecule has 0 bridgehead atoms. The van der Waals surface area contributed by atoms with Crippen LogP contribution < -0.4 is 11.1 Å². The Bertz CT molecular complexity index is 388. The second kappa shape index (κ2) is 4.96. The molecule has 1 aromatic heterocycles. The molecule has 5 heteroatoms. The summed E-state index contributed by atoms with van der Waals surface area (Å²) in [6.45, 7) is 5.04. The average molecular weight is 238 g/mol. The molecule has 1 fully saturated rings. The molecular formula is C12H22N4O. The summed E-state index contributed by atoms with van der Waals surface area (Å²) in [4.78, 5) is 0. The standard InChI is InChI=1S/C12H22N4O/c1-4-5-10-11(13)12(16(3)15-10)14-9-6-7-17-8(9)2/h8-9,14H,4-7,13H2,1-3H3. The Labute approximate surface area is 102 Å². The van der Waals surface area contributed by atoms with Gasteiger partial charge in [0.1, 0.15) is 5.82 Å². The quantitative estimate of drug-likeness (QED) is 0.835. The van der Waals surface area contributed by atoms with Crippen LogP contribution in [-0.4, -0.2) is 28.5 Å². The van der Waals surface area contributed by atoms with E-state index < -0.39 is 0 Å². The Morgan fingerprint density at radius 2 is 2.35 bits per heavy atom. The van der Waals surface area contributed by atoms with E-state index in [1.165, 1.54) is 0 Å². The van der Waals surface area contributed by atoms with Crippen LogP contribution in [0.1, 0.15) is 32.4 Å². The molecular weight excluding hydrogens is 216 g/mol. The van der Waals surface area contributed by atoms with Gasteiger partial charge in [0.05, 0.1) is 23.5 Å². The second-order valence-corrected chi connectivity index (χ2v) is 4.70. The van der Waals surface area contributed by atoms with E-state index in [1.54, 1.807) is 0 Å². The van der Waals surface area contributed by atoms with Crippen molar-refractivity contribution in [3.63, 3.8) is 0 Å². The average Bonchev–Trinajstić information content (AvgIpc) is 2.79. The van der Waals surface area contributed by atoms with Gasteiger partial charge < -0.3 is 15.8 Å². The Balaban J connectivity index is 2.14. The number of nitrogens with one attached hydrogen (secondary N) is 1. The summed E-state index contributed by atoms with van der Waals surface area (Å²) >= 11 is 0. The first-order valence-corrected chi connectivity index (χ1v) is 6.33. The maximum absolute atomic E-state index is 6.13. The van der Waals surface area contributed by atoms with Gasteiger partial charge in [0.2, 0.25) is 0 Å². The smallest absolute Gasteiger partial charge is 0.148 e. The number of nitrogens with two attached hydrogens (primary N) is 1.